The van der Waals surface area contributed by atoms with Crippen LogP contribution in [0, 0.1) is 6.92 Å². The normalized spacial score (nSPS) is 11.0. The van der Waals surface area contributed by atoms with Crippen LogP contribution in [-0.4, -0.2) is 21.4 Å². The minimum Gasteiger partial charge on any atom is -0.497 e. The predicted molar refractivity (Wildman–Crippen MR) is 114 cm³/mol. The van der Waals surface area contributed by atoms with E-state index in [4.69, 9.17) is 4.74 Å². The highest BCUT2D eigenvalue weighted by atomic mass is 32.2. The van der Waals surface area contributed by atoms with Gasteiger partial charge in [0.05, 0.1) is 18.4 Å². The summed E-state index contributed by atoms with van der Waals surface area (Å²) in [6.45, 7) is 1.96. The molecule has 3 rings (SSSR count). The average Bonchev–Trinajstić information content (AvgIpc) is 2.70. The molecule has 0 bridgehead atoms. The van der Waals surface area contributed by atoms with Crippen LogP contribution in [0.5, 0.6) is 5.75 Å². The van der Waals surface area contributed by atoms with Crippen molar-refractivity contribution in [2.24, 2.45) is 0 Å². The molecule has 0 atom stereocenters. The standard InChI is InChI=1S/C22H22N2O4S/c1-16-5-3-4-6-17(16)15-22(25)23-18-9-13-21(14-10-18)29(26,27)24-19-7-11-20(28-2)12-8-19/h3-14,24H,15H2,1-2H3,(H,23,25). The van der Waals surface area contributed by atoms with Gasteiger partial charge in [0, 0.05) is 11.4 Å². The van der Waals surface area contributed by atoms with Gasteiger partial charge in [-0.25, -0.2) is 8.42 Å². The van der Waals surface area contributed by atoms with E-state index in [1.54, 1.807) is 43.5 Å². The number of nitrogens with one attached hydrogen (secondary N) is 2. The van der Waals surface area contributed by atoms with E-state index >= 15 is 0 Å². The Bertz CT molecular complexity index is 1090. The lowest BCUT2D eigenvalue weighted by molar-refractivity contribution is -0.115. The summed E-state index contributed by atoms with van der Waals surface area (Å²) in [5.74, 6) is 0.477. The molecule has 29 heavy (non-hydrogen) atoms. The van der Waals surface area contributed by atoms with Crippen LogP contribution in [0.15, 0.2) is 77.7 Å². The first kappa shape index (κ1) is 20.4. The number of benzene rings is 3. The first-order chi connectivity index (χ1) is 13.9. The second-order valence-corrected chi connectivity index (χ2v) is 8.19. The largest absolute Gasteiger partial charge is 0.497 e. The van der Waals surface area contributed by atoms with E-state index in [0.717, 1.165) is 11.1 Å². The highest BCUT2D eigenvalue weighted by molar-refractivity contribution is 7.92. The van der Waals surface area contributed by atoms with Crippen LogP contribution >= 0.6 is 0 Å². The Balaban J connectivity index is 1.65. The summed E-state index contributed by atoms with van der Waals surface area (Å²) in [4.78, 5) is 12.4. The molecule has 0 aromatic heterocycles. The van der Waals surface area contributed by atoms with Crippen molar-refractivity contribution in [3.8, 4) is 5.75 Å². The van der Waals surface area contributed by atoms with Gasteiger partial charge in [0.2, 0.25) is 5.91 Å². The van der Waals surface area contributed by atoms with Gasteiger partial charge in [-0.15, -0.1) is 0 Å². The van der Waals surface area contributed by atoms with Crippen LogP contribution in [0.2, 0.25) is 0 Å². The third-order valence-corrected chi connectivity index (χ3v) is 5.80. The fraction of sp³-hybridized carbons (Fsp3) is 0.136. The van der Waals surface area contributed by atoms with E-state index in [9.17, 15) is 13.2 Å². The molecule has 1 amide bonds. The van der Waals surface area contributed by atoms with Crippen LogP contribution in [0.1, 0.15) is 11.1 Å². The Morgan fingerprint density at radius 2 is 1.52 bits per heavy atom. The molecule has 0 saturated heterocycles. The second-order valence-electron chi connectivity index (χ2n) is 6.51. The summed E-state index contributed by atoms with van der Waals surface area (Å²) < 4.78 is 32.7. The van der Waals surface area contributed by atoms with Gasteiger partial charge in [-0.3, -0.25) is 9.52 Å². The molecule has 0 unspecified atom stereocenters. The van der Waals surface area contributed by atoms with E-state index in [1.807, 2.05) is 31.2 Å². The van der Waals surface area contributed by atoms with Crippen molar-refractivity contribution < 1.29 is 17.9 Å². The van der Waals surface area contributed by atoms with E-state index < -0.39 is 10.0 Å². The SMILES string of the molecule is COc1ccc(NS(=O)(=O)c2ccc(NC(=O)Cc3ccccc3C)cc2)cc1. The molecule has 2 N–H and O–H groups in total. The minimum absolute atomic E-state index is 0.102. The number of carbonyl (C=O) groups excluding carboxylic acids is 1. The Morgan fingerprint density at radius 1 is 0.897 bits per heavy atom. The summed E-state index contributed by atoms with van der Waals surface area (Å²) in [6.07, 6.45) is 0.256. The maximum atomic E-state index is 12.5. The highest BCUT2D eigenvalue weighted by Gasteiger charge is 2.14. The van der Waals surface area contributed by atoms with E-state index in [1.165, 1.54) is 12.1 Å². The maximum absolute atomic E-state index is 12.5. The van der Waals surface area contributed by atoms with Crippen LogP contribution < -0.4 is 14.8 Å². The van der Waals surface area contributed by atoms with E-state index in [2.05, 4.69) is 10.0 Å². The van der Waals surface area contributed by atoms with Crippen molar-refractivity contribution in [1.29, 1.82) is 0 Å². The number of hydrogen-bond acceptors (Lipinski definition) is 4. The molecule has 0 aliphatic heterocycles. The van der Waals surface area contributed by atoms with Gasteiger partial charge in [-0.1, -0.05) is 24.3 Å². The third-order valence-electron chi connectivity index (χ3n) is 4.40. The van der Waals surface area contributed by atoms with Gasteiger partial charge in [-0.05, 0) is 66.6 Å². The van der Waals surface area contributed by atoms with Gasteiger partial charge in [0.25, 0.3) is 10.0 Å². The third kappa shape index (κ3) is 5.36. The molecular weight excluding hydrogens is 388 g/mol. The number of methoxy groups -OCH3 is 1. The molecule has 0 fully saturated rings. The molecule has 7 heteroatoms. The van der Waals surface area contributed by atoms with Crippen LogP contribution in [0.4, 0.5) is 11.4 Å². The molecule has 0 aliphatic rings. The molecular formula is C22H22N2O4S. The molecule has 6 nitrogen and oxygen atoms in total. The van der Waals surface area contributed by atoms with Crippen molar-refractivity contribution in [1.82, 2.24) is 0 Å². The zero-order valence-electron chi connectivity index (χ0n) is 16.2. The van der Waals surface area contributed by atoms with Gasteiger partial charge in [0.1, 0.15) is 5.75 Å². The first-order valence-electron chi connectivity index (χ1n) is 8.99. The van der Waals surface area contributed by atoms with Crippen LogP contribution in [-0.2, 0) is 21.2 Å². The Labute approximate surface area is 170 Å². The zero-order chi connectivity index (χ0) is 20.9. The quantitative estimate of drug-likeness (QED) is 0.617. The van der Waals surface area contributed by atoms with Crippen molar-refractivity contribution in [3.63, 3.8) is 0 Å². The Hall–Kier alpha value is -3.32. The number of hydrogen-bond donors (Lipinski definition) is 2. The Morgan fingerprint density at radius 3 is 2.14 bits per heavy atom. The summed E-state index contributed by atoms with van der Waals surface area (Å²) in [5, 5.41) is 2.79. The fourth-order valence-corrected chi connectivity index (χ4v) is 3.84. The molecule has 0 saturated carbocycles. The van der Waals surface area contributed by atoms with Crippen LogP contribution in [0.3, 0.4) is 0 Å². The number of anilines is 2. The van der Waals surface area contributed by atoms with Crippen LogP contribution in [0.25, 0.3) is 0 Å². The molecule has 0 spiro atoms. The molecule has 3 aromatic carbocycles. The lowest BCUT2D eigenvalue weighted by Gasteiger charge is -2.10. The molecule has 0 radical (unpaired) electrons. The zero-order valence-corrected chi connectivity index (χ0v) is 17.0. The Kier molecular flexibility index (Phi) is 6.19. The topological polar surface area (TPSA) is 84.5 Å². The maximum Gasteiger partial charge on any atom is 0.261 e. The van der Waals surface area contributed by atoms with Gasteiger partial charge < -0.3 is 10.1 Å². The summed E-state index contributed by atoms with van der Waals surface area (Å²) in [6, 6.07) is 20.3. The van der Waals surface area contributed by atoms with E-state index in [-0.39, 0.29) is 17.2 Å². The summed E-state index contributed by atoms with van der Waals surface area (Å²) in [7, 11) is -2.19. The van der Waals surface area contributed by atoms with Crippen molar-refractivity contribution in [2.75, 3.05) is 17.1 Å². The molecule has 0 aliphatic carbocycles. The van der Waals surface area contributed by atoms with Crippen molar-refractivity contribution in [2.45, 2.75) is 18.2 Å². The number of aryl methyl sites for hydroxylation is 1. The molecule has 150 valence electrons. The lowest BCUT2D eigenvalue weighted by Crippen LogP contribution is -2.16. The number of rotatable bonds is 7. The van der Waals surface area contributed by atoms with Crippen molar-refractivity contribution in [3.05, 3.63) is 83.9 Å². The predicted octanol–water partition coefficient (Wildman–Crippen LogP) is 3.99. The van der Waals surface area contributed by atoms with Gasteiger partial charge in [-0.2, -0.15) is 0 Å². The van der Waals surface area contributed by atoms with Gasteiger partial charge >= 0.3 is 0 Å². The first-order valence-corrected chi connectivity index (χ1v) is 10.5. The highest BCUT2D eigenvalue weighted by Crippen LogP contribution is 2.20. The van der Waals surface area contributed by atoms with Crippen molar-refractivity contribution >= 4 is 27.3 Å². The number of sulfonamides is 1. The van der Waals surface area contributed by atoms with Gasteiger partial charge in [0.15, 0.2) is 0 Å². The number of ether oxygens (including phenoxy) is 1. The second kappa shape index (κ2) is 8.79. The average molecular weight is 410 g/mol. The summed E-state index contributed by atoms with van der Waals surface area (Å²) >= 11 is 0. The fourth-order valence-electron chi connectivity index (χ4n) is 2.78. The number of amides is 1. The molecule has 0 heterocycles. The number of carbonyl (C=O) groups is 1. The monoisotopic (exact) mass is 410 g/mol. The minimum atomic E-state index is -3.74. The lowest BCUT2D eigenvalue weighted by atomic mass is 10.1. The smallest absolute Gasteiger partial charge is 0.261 e. The summed E-state index contributed by atoms with van der Waals surface area (Å²) in [5.41, 5.74) is 2.97. The molecule has 3 aromatic rings. The van der Waals surface area contributed by atoms with E-state index in [0.29, 0.717) is 17.1 Å².